The maximum Gasteiger partial charge on any atom is 0.139 e. The van der Waals surface area contributed by atoms with Crippen LogP contribution in [0.2, 0.25) is 0 Å². The van der Waals surface area contributed by atoms with Crippen molar-refractivity contribution in [1.29, 1.82) is 0 Å². The van der Waals surface area contributed by atoms with Crippen LogP contribution in [0.25, 0.3) is 11.4 Å². The Bertz CT molecular complexity index is 603. The average molecular weight is 441 g/mol. The van der Waals surface area contributed by atoms with Gasteiger partial charge in [-0.2, -0.15) is 0 Å². The van der Waals surface area contributed by atoms with Crippen LogP contribution in [-0.4, -0.2) is 9.55 Å². The zero-order valence-corrected chi connectivity index (χ0v) is 21.7. The number of unbranched alkanes of at least 4 members (excludes halogenated alkanes) is 15. The molecule has 0 saturated carbocycles. The lowest BCUT2D eigenvalue weighted by atomic mass is 10.0. The summed E-state index contributed by atoms with van der Waals surface area (Å²) in [6, 6.07) is 10.4. The van der Waals surface area contributed by atoms with Crippen LogP contribution in [0.3, 0.4) is 0 Å². The topological polar surface area (TPSA) is 17.8 Å². The first-order valence-corrected chi connectivity index (χ1v) is 13.9. The van der Waals surface area contributed by atoms with E-state index < -0.39 is 0 Å². The number of hydrogen-bond acceptors (Lipinski definition) is 1. The number of benzene rings is 1. The molecule has 0 fully saturated rings. The zero-order chi connectivity index (χ0) is 23.1. The van der Waals surface area contributed by atoms with Gasteiger partial charge in [-0.1, -0.05) is 154 Å². The van der Waals surface area contributed by atoms with Crippen molar-refractivity contribution in [3.05, 3.63) is 42.7 Å². The number of aryl methyl sites for hydroxylation is 1. The standard InChI is InChI=1S/C16H34.C14H18N2/c1-3-5-7-9-11-13-15-16-14-12-10-8-6-4-2;1-2-3-7-11-16-12-10-15-14(16)13-8-5-4-6-9-13/h3-16H2,1-2H3;4-6,8-10,12H,2-3,7,11H2,1H3. The Morgan fingerprint density at radius 1 is 0.562 bits per heavy atom. The third-order valence-corrected chi connectivity index (χ3v) is 6.21. The molecule has 0 bridgehead atoms. The largest absolute Gasteiger partial charge is 0.331 e. The third kappa shape index (κ3) is 14.5. The van der Waals surface area contributed by atoms with Crippen molar-refractivity contribution in [2.24, 2.45) is 0 Å². The van der Waals surface area contributed by atoms with Gasteiger partial charge in [0.1, 0.15) is 5.82 Å². The van der Waals surface area contributed by atoms with Crippen molar-refractivity contribution in [3.63, 3.8) is 0 Å². The molecule has 0 saturated heterocycles. The number of nitrogens with zero attached hydrogens (tertiary/aromatic N) is 2. The second-order valence-corrected chi connectivity index (χ2v) is 9.26. The van der Waals surface area contributed by atoms with E-state index in [9.17, 15) is 0 Å². The molecule has 1 aromatic heterocycles. The maximum absolute atomic E-state index is 4.43. The fraction of sp³-hybridized carbons (Fsp3) is 0.700. The first-order valence-electron chi connectivity index (χ1n) is 13.9. The van der Waals surface area contributed by atoms with Gasteiger partial charge in [0.2, 0.25) is 0 Å². The Morgan fingerprint density at radius 2 is 1.00 bits per heavy atom. The van der Waals surface area contributed by atoms with Gasteiger partial charge in [0, 0.05) is 24.5 Å². The number of imidazole rings is 1. The highest BCUT2D eigenvalue weighted by Crippen LogP contribution is 2.17. The summed E-state index contributed by atoms with van der Waals surface area (Å²) in [5.41, 5.74) is 1.20. The van der Waals surface area contributed by atoms with E-state index in [1.54, 1.807) is 0 Å². The Hall–Kier alpha value is -1.57. The quantitative estimate of drug-likeness (QED) is 0.211. The minimum Gasteiger partial charge on any atom is -0.331 e. The monoisotopic (exact) mass is 440 g/mol. The molecule has 0 spiro atoms. The maximum atomic E-state index is 4.43. The lowest BCUT2D eigenvalue weighted by molar-refractivity contribution is 0.538. The molecule has 2 aromatic rings. The summed E-state index contributed by atoms with van der Waals surface area (Å²) >= 11 is 0. The van der Waals surface area contributed by atoms with Crippen LogP contribution in [0.15, 0.2) is 42.7 Å². The first-order chi connectivity index (χ1) is 15.8. The van der Waals surface area contributed by atoms with Crippen LogP contribution in [0, 0.1) is 0 Å². The van der Waals surface area contributed by atoms with Crippen molar-refractivity contribution in [1.82, 2.24) is 9.55 Å². The predicted octanol–water partition coefficient (Wildman–Crippen LogP) is 10.2. The van der Waals surface area contributed by atoms with Crippen molar-refractivity contribution in [3.8, 4) is 11.4 Å². The van der Waals surface area contributed by atoms with Crippen LogP contribution in [0.4, 0.5) is 0 Å². The average Bonchev–Trinajstić information content (AvgIpc) is 3.30. The van der Waals surface area contributed by atoms with E-state index in [1.807, 2.05) is 12.3 Å². The fourth-order valence-electron chi connectivity index (χ4n) is 4.14. The summed E-state index contributed by atoms with van der Waals surface area (Å²) in [7, 11) is 0. The Balaban J connectivity index is 0.000000320. The van der Waals surface area contributed by atoms with Gasteiger partial charge < -0.3 is 4.57 Å². The molecule has 0 aliphatic rings. The molecular weight excluding hydrogens is 388 g/mol. The van der Waals surface area contributed by atoms with E-state index in [2.05, 4.69) is 60.8 Å². The van der Waals surface area contributed by atoms with Crippen LogP contribution in [0.5, 0.6) is 0 Å². The van der Waals surface area contributed by atoms with Gasteiger partial charge in [0.05, 0.1) is 0 Å². The zero-order valence-electron chi connectivity index (χ0n) is 21.7. The Labute approximate surface area is 200 Å². The van der Waals surface area contributed by atoms with E-state index in [-0.39, 0.29) is 0 Å². The summed E-state index contributed by atoms with van der Waals surface area (Å²) in [4.78, 5) is 4.43. The molecule has 1 heterocycles. The van der Waals surface area contributed by atoms with E-state index in [0.717, 1.165) is 12.4 Å². The Morgan fingerprint density at radius 3 is 1.47 bits per heavy atom. The summed E-state index contributed by atoms with van der Waals surface area (Å²) in [5.74, 6) is 1.08. The molecule has 32 heavy (non-hydrogen) atoms. The SMILES string of the molecule is CCCCCCCCCCCCCCCC.CCCCCn1ccnc1-c1ccccc1. The number of aromatic nitrogens is 2. The lowest BCUT2D eigenvalue weighted by Gasteiger charge is -2.07. The van der Waals surface area contributed by atoms with Gasteiger partial charge in [0.25, 0.3) is 0 Å². The van der Waals surface area contributed by atoms with Crippen molar-refractivity contribution >= 4 is 0 Å². The molecule has 0 N–H and O–H groups in total. The second-order valence-electron chi connectivity index (χ2n) is 9.26. The van der Waals surface area contributed by atoms with Crippen molar-refractivity contribution < 1.29 is 0 Å². The molecule has 0 radical (unpaired) electrons. The second kappa shape index (κ2) is 21.3. The summed E-state index contributed by atoms with van der Waals surface area (Å²) in [6.07, 6.45) is 28.1. The normalized spacial score (nSPS) is 10.7. The summed E-state index contributed by atoms with van der Waals surface area (Å²) in [6.45, 7) is 7.88. The van der Waals surface area contributed by atoms with Crippen molar-refractivity contribution in [2.45, 2.75) is 136 Å². The first kappa shape index (κ1) is 28.5. The smallest absolute Gasteiger partial charge is 0.139 e. The third-order valence-electron chi connectivity index (χ3n) is 6.21. The Kier molecular flexibility index (Phi) is 18.9. The molecular formula is C30H52N2. The van der Waals surface area contributed by atoms with Crippen LogP contribution in [0.1, 0.15) is 130 Å². The summed E-state index contributed by atoms with van der Waals surface area (Å²) in [5, 5.41) is 0. The molecule has 2 nitrogen and oxygen atoms in total. The molecule has 2 rings (SSSR count). The van der Waals surface area contributed by atoms with E-state index in [0.29, 0.717) is 0 Å². The highest BCUT2D eigenvalue weighted by atomic mass is 15.1. The molecule has 0 aliphatic heterocycles. The molecule has 0 aliphatic carbocycles. The molecule has 0 atom stereocenters. The minimum absolute atomic E-state index is 1.07. The number of rotatable bonds is 18. The minimum atomic E-state index is 1.07. The molecule has 0 unspecified atom stereocenters. The molecule has 0 amide bonds. The molecule has 2 heteroatoms. The van der Waals surface area contributed by atoms with Crippen molar-refractivity contribution in [2.75, 3.05) is 0 Å². The van der Waals surface area contributed by atoms with Crippen LogP contribution < -0.4 is 0 Å². The van der Waals surface area contributed by atoms with Gasteiger partial charge in [-0.15, -0.1) is 0 Å². The highest BCUT2D eigenvalue weighted by molar-refractivity contribution is 5.54. The highest BCUT2D eigenvalue weighted by Gasteiger charge is 2.04. The van der Waals surface area contributed by atoms with E-state index in [4.69, 9.17) is 0 Å². The van der Waals surface area contributed by atoms with Crippen LogP contribution >= 0.6 is 0 Å². The predicted molar refractivity (Wildman–Crippen MR) is 143 cm³/mol. The van der Waals surface area contributed by atoms with Gasteiger partial charge in [-0.3, -0.25) is 0 Å². The number of hydrogen-bond donors (Lipinski definition) is 0. The summed E-state index contributed by atoms with van der Waals surface area (Å²) < 4.78 is 2.24. The lowest BCUT2D eigenvalue weighted by Crippen LogP contribution is -1.99. The van der Waals surface area contributed by atoms with E-state index >= 15 is 0 Å². The van der Waals surface area contributed by atoms with Gasteiger partial charge in [-0.25, -0.2) is 4.98 Å². The van der Waals surface area contributed by atoms with Gasteiger partial charge in [0.15, 0.2) is 0 Å². The van der Waals surface area contributed by atoms with Crippen LogP contribution in [-0.2, 0) is 6.54 Å². The van der Waals surface area contributed by atoms with Gasteiger partial charge >= 0.3 is 0 Å². The van der Waals surface area contributed by atoms with Gasteiger partial charge in [-0.05, 0) is 6.42 Å². The molecule has 1 aromatic carbocycles. The fourth-order valence-corrected chi connectivity index (χ4v) is 4.14. The molecule has 182 valence electrons. The van der Waals surface area contributed by atoms with E-state index in [1.165, 1.54) is 115 Å².